The molecule has 9 nitrogen and oxygen atoms in total. The van der Waals surface area contributed by atoms with Crippen LogP contribution in [0, 0.1) is 11.8 Å². The number of aliphatic hydroxyl groups excluding tert-OH is 1. The summed E-state index contributed by atoms with van der Waals surface area (Å²) in [5.41, 5.74) is -0.569. The number of ether oxygens (including phenoxy) is 1. The molecule has 0 spiro atoms. The van der Waals surface area contributed by atoms with Gasteiger partial charge in [0, 0.05) is 11.1 Å². The van der Waals surface area contributed by atoms with Crippen molar-refractivity contribution in [3.63, 3.8) is 0 Å². The number of unbranched alkanes of at least 4 members (excludes halogenated alkanes) is 4. The molecule has 0 aromatic rings. The van der Waals surface area contributed by atoms with Gasteiger partial charge in [-0.15, -0.1) is 0 Å². The van der Waals surface area contributed by atoms with Crippen LogP contribution in [0.3, 0.4) is 0 Å². The van der Waals surface area contributed by atoms with Gasteiger partial charge in [-0.2, -0.15) is 0 Å². The lowest BCUT2D eigenvalue weighted by atomic mass is 9.93. The minimum Gasteiger partial charge on any atom is -0.481 e. The first-order valence-electron chi connectivity index (χ1n) is 10.4. The van der Waals surface area contributed by atoms with Gasteiger partial charge in [0.05, 0.1) is 24.5 Å². The van der Waals surface area contributed by atoms with Gasteiger partial charge in [0.15, 0.2) is 0 Å². The van der Waals surface area contributed by atoms with E-state index in [4.69, 9.17) is 20.1 Å². The molecule has 0 aromatic heterocycles. The van der Waals surface area contributed by atoms with Gasteiger partial charge in [0.25, 0.3) is 0 Å². The summed E-state index contributed by atoms with van der Waals surface area (Å²) in [5.74, 6) is -6.53. The largest absolute Gasteiger partial charge is 0.481 e. The molecule has 0 aromatic carbocycles. The Labute approximate surface area is 182 Å². The van der Waals surface area contributed by atoms with Crippen molar-refractivity contribution in [3.05, 3.63) is 24.3 Å². The first-order chi connectivity index (χ1) is 14.5. The molecular formula is C22H34O9. The number of hydrogen-bond acceptors (Lipinski definition) is 6. The Hall–Kier alpha value is -2.68. The standard InChI is InChI=1S/C22H34O9/c1-14(23)10-7-8-12-18(16(3)20(26)27)22(30)31-13-9-5-4-6-11-17(21(28)29)15(2)19(24)25/h14,17-18,23H,2-13H2,1H3,(H,24,25)(H,26,27)(H,28,29)/t14?,17-,18-/m0/s1. The van der Waals surface area contributed by atoms with E-state index in [2.05, 4.69) is 13.2 Å². The monoisotopic (exact) mass is 442 g/mol. The van der Waals surface area contributed by atoms with E-state index >= 15 is 0 Å². The van der Waals surface area contributed by atoms with Crippen molar-refractivity contribution in [1.29, 1.82) is 0 Å². The fourth-order valence-electron chi connectivity index (χ4n) is 3.04. The second kappa shape index (κ2) is 15.2. The van der Waals surface area contributed by atoms with Crippen LogP contribution in [0.4, 0.5) is 0 Å². The molecule has 176 valence electrons. The van der Waals surface area contributed by atoms with Crippen LogP contribution in [0.25, 0.3) is 0 Å². The molecule has 9 heteroatoms. The first-order valence-corrected chi connectivity index (χ1v) is 10.4. The molecule has 0 heterocycles. The van der Waals surface area contributed by atoms with E-state index in [1.165, 1.54) is 0 Å². The van der Waals surface area contributed by atoms with Crippen LogP contribution in [0.2, 0.25) is 0 Å². The van der Waals surface area contributed by atoms with E-state index < -0.39 is 41.8 Å². The molecule has 1 unspecified atom stereocenters. The molecule has 0 aliphatic carbocycles. The van der Waals surface area contributed by atoms with E-state index in [1.807, 2.05) is 0 Å². The lowest BCUT2D eigenvalue weighted by Gasteiger charge is -2.16. The summed E-state index contributed by atoms with van der Waals surface area (Å²) < 4.78 is 5.19. The van der Waals surface area contributed by atoms with E-state index in [0.29, 0.717) is 44.9 Å². The van der Waals surface area contributed by atoms with Crippen molar-refractivity contribution in [1.82, 2.24) is 0 Å². The maximum atomic E-state index is 12.3. The molecule has 0 bridgehead atoms. The molecule has 0 amide bonds. The fraction of sp³-hybridized carbons (Fsp3) is 0.636. The number of carbonyl (C=O) groups is 4. The highest BCUT2D eigenvalue weighted by Gasteiger charge is 2.27. The van der Waals surface area contributed by atoms with Crippen LogP contribution in [0.5, 0.6) is 0 Å². The third-order valence-electron chi connectivity index (χ3n) is 4.97. The predicted octanol–water partition coefficient (Wildman–Crippen LogP) is 3.02. The fourth-order valence-corrected chi connectivity index (χ4v) is 3.04. The molecule has 0 aliphatic heterocycles. The van der Waals surface area contributed by atoms with Crippen LogP contribution in [-0.4, -0.2) is 57.0 Å². The molecule has 31 heavy (non-hydrogen) atoms. The summed E-state index contributed by atoms with van der Waals surface area (Å²) in [6, 6.07) is 0. The lowest BCUT2D eigenvalue weighted by Crippen LogP contribution is -2.24. The average molecular weight is 443 g/mol. The third kappa shape index (κ3) is 11.9. The molecule has 0 radical (unpaired) electrons. The highest BCUT2D eigenvalue weighted by atomic mass is 16.5. The van der Waals surface area contributed by atoms with Crippen LogP contribution in [0.15, 0.2) is 24.3 Å². The summed E-state index contributed by atoms with van der Waals surface area (Å²) >= 11 is 0. The SMILES string of the molecule is C=C(C(=O)O)[C@H](CCCCCCOC(=O)[C@@H](CCCCC(C)O)C(=C)C(=O)O)C(=O)O. The van der Waals surface area contributed by atoms with Crippen LogP contribution < -0.4 is 0 Å². The zero-order chi connectivity index (χ0) is 24.0. The second-order valence-corrected chi connectivity index (χ2v) is 7.61. The minimum atomic E-state index is -1.33. The number of carboxylic acids is 3. The molecule has 0 fully saturated rings. The van der Waals surface area contributed by atoms with Gasteiger partial charge in [0.2, 0.25) is 0 Å². The van der Waals surface area contributed by atoms with Gasteiger partial charge in [-0.1, -0.05) is 45.3 Å². The summed E-state index contributed by atoms with van der Waals surface area (Å²) in [5, 5.41) is 36.4. The number of hydrogen-bond donors (Lipinski definition) is 4. The highest BCUT2D eigenvalue weighted by Crippen LogP contribution is 2.21. The summed E-state index contributed by atoms with van der Waals surface area (Å²) in [6.45, 7) is 8.53. The summed E-state index contributed by atoms with van der Waals surface area (Å²) in [4.78, 5) is 45.5. The Morgan fingerprint density at radius 1 is 0.742 bits per heavy atom. The average Bonchev–Trinajstić information content (AvgIpc) is 2.68. The Kier molecular flexibility index (Phi) is 13.9. The van der Waals surface area contributed by atoms with Gasteiger partial charge < -0.3 is 25.2 Å². The number of carbonyl (C=O) groups excluding carboxylic acids is 1. The Balaban J connectivity index is 4.32. The van der Waals surface area contributed by atoms with Crippen molar-refractivity contribution in [2.45, 2.75) is 70.8 Å². The van der Waals surface area contributed by atoms with E-state index in [9.17, 15) is 24.3 Å². The predicted molar refractivity (Wildman–Crippen MR) is 112 cm³/mol. The molecular weight excluding hydrogens is 408 g/mol. The Bertz CT molecular complexity index is 651. The zero-order valence-corrected chi connectivity index (χ0v) is 18.0. The topological polar surface area (TPSA) is 158 Å². The Morgan fingerprint density at radius 3 is 1.71 bits per heavy atom. The molecule has 0 saturated heterocycles. The molecule has 0 aliphatic rings. The molecule has 0 saturated carbocycles. The van der Waals surface area contributed by atoms with Crippen LogP contribution >= 0.6 is 0 Å². The van der Waals surface area contributed by atoms with E-state index in [1.54, 1.807) is 6.92 Å². The summed E-state index contributed by atoms with van der Waals surface area (Å²) in [7, 11) is 0. The van der Waals surface area contributed by atoms with Gasteiger partial charge in [-0.25, -0.2) is 9.59 Å². The van der Waals surface area contributed by atoms with Gasteiger partial charge in [0.1, 0.15) is 0 Å². The zero-order valence-electron chi connectivity index (χ0n) is 18.0. The maximum Gasteiger partial charge on any atom is 0.331 e. The minimum absolute atomic E-state index is 0.0973. The van der Waals surface area contributed by atoms with Crippen molar-refractivity contribution < 1.29 is 44.3 Å². The van der Waals surface area contributed by atoms with Crippen molar-refractivity contribution in [2.75, 3.05) is 6.61 Å². The van der Waals surface area contributed by atoms with Crippen molar-refractivity contribution in [2.24, 2.45) is 11.8 Å². The van der Waals surface area contributed by atoms with E-state index in [0.717, 1.165) is 0 Å². The number of carboxylic acid groups (broad SMARTS) is 3. The maximum absolute atomic E-state index is 12.3. The number of aliphatic carboxylic acids is 3. The molecule has 0 rings (SSSR count). The van der Waals surface area contributed by atoms with Gasteiger partial charge in [-0.05, 0) is 32.6 Å². The molecule has 3 atom stereocenters. The van der Waals surface area contributed by atoms with Crippen LogP contribution in [-0.2, 0) is 23.9 Å². The van der Waals surface area contributed by atoms with Gasteiger partial charge in [-0.3, -0.25) is 9.59 Å². The molecule has 4 N–H and O–H groups in total. The van der Waals surface area contributed by atoms with Crippen molar-refractivity contribution in [3.8, 4) is 0 Å². The number of rotatable bonds is 18. The number of esters is 1. The van der Waals surface area contributed by atoms with Crippen molar-refractivity contribution >= 4 is 23.9 Å². The van der Waals surface area contributed by atoms with Gasteiger partial charge >= 0.3 is 23.9 Å². The summed E-state index contributed by atoms with van der Waals surface area (Å²) in [6.07, 6.45) is 4.01. The third-order valence-corrected chi connectivity index (χ3v) is 4.97. The van der Waals surface area contributed by atoms with E-state index in [-0.39, 0.29) is 30.6 Å². The normalized spacial score (nSPS) is 13.6. The number of aliphatic hydroxyl groups is 1. The van der Waals surface area contributed by atoms with Crippen LogP contribution in [0.1, 0.15) is 64.7 Å². The lowest BCUT2D eigenvalue weighted by molar-refractivity contribution is -0.149. The quantitative estimate of drug-likeness (QED) is 0.142. The second-order valence-electron chi connectivity index (χ2n) is 7.61. The first kappa shape index (κ1) is 28.3. The smallest absolute Gasteiger partial charge is 0.331 e. The Morgan fingerprint density at radius 2 is 1.19 bits per heavy atom. The highest BCUT2D eigenvalue weighted by molar-refractivity contribution is 5.94.